The van der Waals surface area contributed by atoms with Gasteiger partial charge < -0.3 is 10.5 Å². The molecule has 2 aromatic rings. The first-order chi connectivity index (χ1) is 11.7. The Labute approximate surface area is 142 Å². The summed E-state index contributed by atoms with van der Waals surface area (Å²) in [5.41, 5.74) is 8.83. The maximum absolute atomic E-state index is 5.74. The molecule has 0 aliphatic carbocycles. The first-order valence-corrected chi connectivity index (χ1v) is 8.06. The molecular weight excluding hydrogens is 302 g/mol. The van der Waals surface area contributed by atoms with Crippen LogP contribution in [0.3, 0.4) is 0 Å². The van der Waals surface area contributed by atoms with Crippen LogP contribution in [-0.2, 0) is 11.2 Å². The highest BCUT2D eigenvalue weighted by molar-refractivity contribution is 5.49. The van der Waals surface area contributed by atoms with Crippen LogP contribution in [0.2, 0.25) is 0 Å². The average molecular weight is 323 g/mol. The molecule has 3 rings (SSSR count). The van der Waals surface area contributed by atoms with E-state index in [1.165, 1.54) is 0 Å². The van der Waals surface area contributed by atoms with E-state index in [2.05, 4.69) is 31.7 Å². The van der Waals surface area contributed by atoms with Gasteiger partial charge in [-0.15, -0.1) is 0 Å². The summed E-state index contributed by atoms with van der Waals surface area (Å²) in [6.45, 7) is 6.47. The molecule has 124 valence electrons. The number of nitrogens with two attached hydrogens (primary N) is 1. The van der Waals surface area contributed by atoms with Gasteiger partial charge in [0.2, 0.25) is 0 Å². The smallest absolute Gasteiger partial charge is 0.129 e. The first kappa shape index (κ1) is 16.4. The van der Waals surface area contributed by atoms with Gasteiger partial charge in [0.05, 0.1) is 36.4 Å². The second-order valence-electron chi connectivity index (χ2n) is 5.74. The van der Waals surface area contributed by atoms with E-state index in [0.717, 1.165) is 61.9 Å². The third kappa shape index (κ3) is 4.51. The van der Waals surface area contributed by atoms with Crippen LogP contribution in [0.4, 0.5) is 5.69 Å². The van der Waals surface area contributed by atoms with Crippen LogP contribution in [-0.4, -0.2) is 52.7 Å². The van der Waals surface area contributed by atoms with Crippen LogP contribution in [0, 0.1) is 18.8 Å². The molecule has 24 heavy (non-hydrogen) atoms. The van der Waals surface area contributed by atoms with Gasteiger partial charge in [0, 0.05) is 44.0 Å². The van der Waals surface area contributed by atoms with Gasteiger partial charge >= 0.3 is 0 Å². The summed E-state index contributed by atoms with van der Waals surface area (Å²) in [6.07, 6.45) is 6.01. The predicted octanol–water partition coefficient (Wildman–Crippen LogP) is 1.04. The average Bonchev–Trinajstić information content (AvgIpc) is 2.62. The maximum Gasteiger partial charge on any atom is 0.129 e. The molecule has 0 spiro atoms. The molecule has 1 aliphatic rings. The second-order valence-corrected chi connectivity index (χ2v) is 5.74. The van der Waals surface area contributed by atoms with Gasteiger partial charge in [-0.05, 0) is 13.0 Å². The standard InChI is InChI=1S/C18H21N5O/c1-14-16(10-17(19)13-20-14)3-2-15-11-21-18(22-12-15)4-5-23-6-8-24-9-7-23/h10-13H,4-9,19H2,1H3. The van der Waals surface area contributed by atoms with Gasteiger partial charge in [-0.3, -0.25) is 9.88 Å². The van der Waals surface area contributed by atoms with Crippen LogP contribution < -0.4 is 5.73 Å². The number of nitrogen functional groups attached to an aromatic ring is 1. The molecule has 0 aromatic carbocycles. The maximum atomic E-state index is 5.74. The quantitative estimate of drug-likeness (QED) is 0.851. The van der Waals surface area contributed by atoms with E-state index in [-0.39, 0.29) is 0 Å². The number of rotatable bonds is 3. The Kier molecular flexibility index (Phi) is 5.36. The summed E-state index contributed by atoms with van der Waals surface area (Å²) in [5, 5.41) is 0. The van der Waals surface area contributed by atoms with Crippen molar-refractivity contribution in [1.29, 1.82) is 0 Å². The number of hydrogen-bond donors (Lipinski definition) is 1. The van der Waals surface area contributed by atoms with Crippen molar-refractivity contribution < 1.29 is 4.74 Å². The number of aromatic nitrogens is 3. The third-order valence-corrected chi connectivity index (χ3v) is 3.91. The van der Waals surface area contributed by atoms with E-state index < -0.39 is 0 Å². The number of nitrogens with zero attached hydrogens (tertiary/aromatic N) is 4. The van der Waals surface area contributed by atoms with Crippen LogP contribution in [0.15, 0.2) is 24.7 Å². The monoisotopic (exact) mass is 323 g/mol. The number of ether oxygens (including phenoxy) is 1. The predicted molar refractivity (Wildman–Crippen MR) is 92.4 cm³/mol. The van der Waals surface area contributed by atoms with Crippen LogP contribution >= 0.6 is 0 Å². The molecule has 1 fully saturated rings. The lowest BCUT2D eigenvalue weighted by atomic mass is 10.2. The van der Waals surface area contributed by atoms with E-state index in [4.69, 9.17) is 10.5 Å². The second kappa shape index (κ2) is 7.86. The Hall–Kier alpha value is -2.49. The van der Waals surface area contributed by atoms with E-state index >= 15 is 0 Å². The summed E-state index contributed by atoms with van der Waals surface area (Å²) in [6, 6.07) is 1.83. The largest absolute Gasteiger partial charge is 0.397 e. The summed E-state index contributed by atoms with van der Waals surface area (Å²) in [7, 11) is 0. The van der Waals surface area contributed by atoms with Gasteiger partial charge in [-0.25, -0.2) is 9.97 Å². The molecule has 0 amide bonds. The molecule has 2 aromatic heterocycles. The highest BCUT2D eigenvalue weighted by Crippen LogP contribution is 2.08. The van der Waals surface area contributed by atoms with E-state index in [0.29, 0.717) is 5.69 Å². The van der Waals surface area contributed by atoms with E-state index in [1.54, 1.807) is 18.6 Å². The normalized spacial score (nSPS) is 14.9. The van der Waals surface area contributed by atoms with Crippen LogP contribution in [0.1, 0.15) is 22.6 Å². The Bertz CT molecular complexity index is 742. The van der Waals surface area contributed by atoms with Gasteiger partial charge in [0.15, 0.2) is 0 Å². The minimum atomic E-state index is 0.611. The zero-order valence-corrected chi connectivity index (χ0v) is 13.8. The number of aryl methyl sites for hydroxylation is 1. The van der Waals surface area contributed by atoms with Crippen molar-refractivity contribution in [2.24, 2.45) is 0 Å². The first-order valence-electron chi connectivity index (χ1n) is 8.06. The number of morpholine rings is 1. The number of pyridine rings is 1. The van der Waals surface area contributed by atoms with Crippen molar-refractivity contribution in [2.75, 3.05) is 38.6 Å². The molecule has 6 heteroatoms. The highest BCUT2D eigenvalue weighted by atomic mass is 16.5. The zero-order valence-electron chi connectivity index (χ0n) is 13.8. The summed E-state index contributed by atoms with van der Waals surface area (Å²) in [4.78, 5) is 15.4. The van der Waals surface area contributed by atoms with Crippen molar-refractivity contribution in [2.45, 2.75) is 13.3 Å². The SMILES string of the molecule is Cc1ncc(N)cc1C#Cc1cnc(CCN2CCOCC2)nc1. The molecular formula is C18H21N5O. The topological polar surface area (TPSA) is 77.2 Å². The summed E-state index contributed by atoms with van der Waals surface area (Å²) in [5.74, 6) is 6.98. The fourth-order valence-electron chi connectivity index (χ4n) is 2.45. The van der Waals surface area contributed by atoms with Crippen LogP contribution in [0.25, 0.3) is 0 Å². The molecule has 1 aliphatic heterocycles. The Morgan fingerprint density at radius 2 is 1.88 bits per heavy atom. The Balaban J connectivity index is 1.60. The van der Waals surface area contributed by atoms with Gasteiger partial charge in [-0.1, -0.05) is 11.8 Å². The molecule has 6 nitrogen and oxygen atoms in total. The van der Waals surface area contributed by atoms with E-state index in [9.17, 15) is 0 Å². The number of anilines is 1. The fourth-order valence-corrected chi connectivity index (χ4v) is 2.45. The van der Waals surface area contributed by atoms with Gasteiger partial charge in [0.25, 0.3) is 0 Å². The lowest BCUT2D eigenvalue weighted by Crippen LogP contribution is -2.37. The molecule has 3 heterocycles. The molecule has 2 N–H and O–H groups in total. The lowest BCUT2D eigenvalue weighted by molar-refractivity contribution is 0.0382. The minimum absolute atomic E-state index is 0.611. The molecule has 0 radical (unpaired) electrons. The van der Waals surface area contributed by atoms with Crippen molar-refractivity contribution >= 4 is 5.69 Å². The van der Waals surface area contributed by atoms with Crippen molar-refractivity contribution in [1.82, 2.24) is 19.9 Å². The van der Waals surface area contributed by atoms with Gasteiger partial charge in [-0.2, -0.15) is 0 Å². The van der Waals surface area contributed by atoms with Crippen molar-refractivity contribution in [3.63, 3.8) is 0 Å². The molecule has 0 saturated carbocycles. The number of hydrogen-bond acceptors (Lipinski definition) is 6. The lowest BCUT2D eigenvalue weighted by Gasteiger charge is -2.26. The third-order valence-electron chi connectivity index (χ3n) is 3.91. The highest BCUT2D eigenvalue weighted by Gasteiger charge is 2.10. The van der Waals surface area contributed by atoms with Gasteiger partial charge in [0.1, 0.15) is 5.82 Å². The van der Waals surface area contributed by atoms with Crippen LogP contribution in [0.5, 0.6) is 0 Å². The minimum Gasteiger partial charge on any atom is -0.397 e. The molecule has 0 unspecified atom stereocenters. The summed E-state index contributed by atoms with van der Waals surface area (Å²) >= 11 is 0. The molecule has 0 atom stereocenters. The fraction of sp³-hybridized carbons (Fsp3) is 0.389. The Morgan fingerprint density at radius 3 is 2.62 bits per heavy atom. The van der Waals surface area contributed by atoms with E-state index in [1.807, 2.05) is 13.0 Å². The summed E-state index contributed by atoms with van der Waals surface area (Å²) < 4.78 is 5.35. The van der Waals surface area contributed by atoms with Crippen molar-refractivity contribution in [3.8, 4) is 11.8 Å². The Morgan fingerprint density at radius 1 is 1.12 bits per heavy atom. The molecule has 0 bridgehead atoms. The molecule has 1 saturated heterocycles. The zero-order chi connectivity index (χ0) is 16.8. The van der Waals surface area contributed by atoms with Crippen molar-refractivity contribution in [3.05, 3.63) is 47.3 Å².